The van der Waals surface area contributed by atoms with Crippen molar-refractivity contribution in [2.45, 2.75) is 6.42 Å². The summed E-state index contributed by atoms with van der Waals surface area (Å²) in [4.78, 5) is 33.7. The van der Waals surface area contributed by atoms with E-state index in [4.69, 9.17) is 9.15 Å². The van der Waals surface area contributed by atoms with Gasteiger partial charge in [-0.05, 0) is 0 Å². The molecular weight excluding hydrogens is 242 g/mol. The third kappa shape index (κ3) is 3.62. The molecule has 18 heavy (non-hydrogen) atoms. The van der Waals surface area contributed by atoms with E-state index in [0.29, 0.717) is 0 Å². The van der Waals surface area contributed by atoms with E-state index in [9.17, 15) is 14.4 Å². The largest absolute Gasteiger partial charge is 0.490 e. The first-order chi connectivity index (χ1) is 8.58. The second-order valence-electron chi connectivity index (χ2n) is 3.26. The zero-order valence-corrected chi connectivity index (χ0v) is 10.0. The van der Waals surface area contributed by atoms with Crippen molar-refractivity contribution in [3.63, 3.8) is 0 Å². The zero-order chi connectivity index (χ0) is 13.5. The molecule has 1 heterocycles. The van der Waals surface area contributed by atoms with Crippen LogP contribution in [0.15, 0.2) is 21.5 Å². The number of carbonyl (C=O) groups excluding carboxylic acids is 2. The second kappa shape index (κ2) is 6.43. The minimum Gasteiger partial charge on any atom is -0.490 e. The van der Waals surface area contributed by atoms with Crippen LogP contribution in [0.3, 0.4) is 0 Å². The van der Waals surface area contributed by atoms with Gasteiger partial charge in [0.2, 0.25) is 11.2 Å². The van der Waals surface area contributed by atoms with Crippen molar-refractivity contribution in [3.8, 4) is 5.75 Å². The number of carbonyl (C=O) groups is 2. The van der Waals surface area contributed by atoms with Crippen LogP contribution in [0.2, 0.25) is 0 Å². The van der Waals surface area contributed by atoms with Crippen molar-refractivity contribution in [1.29, 1.82) is 0 Å². The molecule has 0 saturated carbocycles. The Balaban J connectivity index is 2.59. The molecule has 0 aliphatic rings. The van der Waals surface area contributed by atoms with Crippen LogP contribution >= 0.6 is 0 Å². The Hall–Kier alpha value is -2.31. The minimum atomic E-state index is -0.585. The van der Waals surface area contributed by atoms with Crippen LogP contribution in [0.1, 0.15) is 17.0 Å². The van der Waals surface area contributed by atoms with E-state index in [0.717, 1.165) is 12.3 Å². The van der Waals surface area contributed by atoms with E-state index >= 15 is 0 Å². The lowest BCUT2D eigenvalue weighted by Crippen LogP contribution is -2.27. The molecule has 0 aromatic carbocycles. The molecule has 0 fully saturated rings. The Morgan fingerprint density at radius 3 is 2.67 bits per heavy atom. The van der Waals surface area contributed by atoms with Crippen LogP contribution in [-0.2, 0) is 9.53 Å². The van der Waals surface area contributed by atoms with Gasteiger partial charge < -0.3 is 19.2 Å². The van der Waals surface area contributed by atoms with Gasteiger partial charge in [0.1, 0.15) is 6.26 Å². The molecule has 0 atom stereocenters. The van der Waals surface area contributed by atoms with Crippen LogP contribution < -0.4 is 15.5 Å². The van der Waals surface area contributed by atoms with Gasteiger partial charge in [-0.1, -0.05) is 0 Å². The number of rotatable bonds is 5. The number of esters is 1. The molecule has 7 nitrogen and oxygen atoms in total. The van der Waals surface area contributed by atoms with E-state index in [2.05, 4.69) is 10.1 Å². The highest BCUT2D eigenvalue weighted by Gasteiger charge is 2.11. The van der Waals surface area contributed by atoms with E-state index < -0.39 is 17.3 Å². The topological polar surface area (TPSA) is 94.8 Å². The number of amides is 1. The first-order valence-electron chi connectivity index (χ1n) is 5.10. The van der Waals surface area contributed by atoms with Crippen molar-refractivity contribution in [3.05, 3.63) is 28.3 Å². The maximum absolute atomic E-state index is 11.5. The van der Waals surface area contributed by atoms with E-state index in [1.165, 1.54) is 14.2 Å². The zero-order valence-electron chi connectivity index (χ0n) is 10.0. The van der Waals surface area contributed by atoms with Crippen molar-refractivity contribution < 1.29 is 23.5 Å². The predicted octanol–water partition coefficient (Wildman–Crippen LogP) is -0.0587. The van der Waals surface area contributed by atoms with Gasteiger partial charge in [-0.25, -0.2) is 0 Å². The van der Waals surface area contributed by atoms with Crippen molar-refractivity contribution in [2.75, 3.05) is 20.8 Å². The molecule has 0 radical (unpaired) electrons. The van der Waals surface area contributed by atoms with Crippen LogP contribution in [0.4, 0.5) is 0 Å². The van der Waals surface area contributed by atoms with E-state index in [-0.39, 0.29) is 24.5 Å². The van der Waals surface area contributed by atoms with Gasteiger partial charge in [0.25, 0.3) is 5.91 Å². The third-order valence-electron chi connectivity index (χ3n) is 2.08. The summed E-state index contributed by atoms with van der Waals surface area (Å²) < 4.78 is 14.0. The molecule has 1 rings (SSSR count). The summed E-state index contributed by atoms with van der Waals surface area (Å²) in [5.74, 6) is -1.16. The Labute approximate surface area is 103 Å². The summed E-state index contributed by atoms with van der Waals surface area (Å²) in [7, 11) is 2.58. The monoisotopic (exact) mass is 255 g/mol. The minimum absolute atomic E-state index is 0.0149. The summed E-state index contributed by atoms with van der Waals surface area (Å²) in [6, 6.07) is 1.02. The molecule has 1 N–H and O–H groups in total. The smallest absolute Gasteiger partial charge is 0.307 e. The molecule has 98 valence electrons. The molecule has 7 heteroatoms. The SMILES string of the molecule is COC(=O)CCNC(=O)c1cc(=O)c(OC)co1. The van der Waals surface area contributed by atoms with E-state index in [1.807, 2.05) is 0 Å². The fourth-order valence-electron chi connectivity index (χ4n) is 1.13. The van der Waals surface area contributed by atoms with Gasteiger partial charge in [-0.2, -0.15) is 0 Å². The molecule has 0 unspecified atom stereocenters. The maximum atomic E-state index is 11.5. The number of hydrogen-bond donors (Lipinski definition) is 1. The second-order valence-corrected chi connectivity index (χ2v) is 3.26. The molecule has 0 spiro atoms. The van der Waals surface area contributed by atoms with Crippen LogP contribution in [0.5, 0.6) is 5.75 Å². The Morgan fingerprint density at radius 2 is 2.11 bits per heavy atom. The van der Waals surface area contributed by atoms with Gasteiger partial charge in [0.05, 0.1) is 20.6 Å². The standard InChI is InChI=1S/C11H13NO6/c1-16-9-6-18-8(5-7(9)13)11(15)12-4-3-10(14)17-2/h5-6H,3-4H2,1-2H3,(H,12,15). The van der Waals surface area contributed by atoms with Gasteiger partial charge in [0, 0.05) is 12.6 Å². The third-order valence-corrected chi connectivity index (χ3v) is 2.08. The fourth-order valence-corrected chi connectivity index (χ4v) is 1.13. The van der Waals surface area contributed by atoms with Gasteiger partial charge in [-0.15, -0.1) is 0 Å². The Bertz CT molecular complexity index is 493. The van der Waals surface area contributed by atoms with Gasteiger partial charge >= 0.3 is 5.97 Å². The molecule has 0 bridgehead atoms. The highest BCUT2D eigenvalue weighted by atomic mass is 16.5. The van der Waals surface area contributed by atoms with Crippen LogP contribution in [0, 0.1) is 0 Å². The van der Waals surface area contributed by atoms with Gasteiger partial charge in [-0.3, -0.25) is 14.4 Å². The molecule has 0 aliphatic heterocycles. The Kier molecular flexibility index (Phi) is 4.91. The van der Waals surface area contributed by atoms with E-state index in [1.54, 1.807) is 0 Å². The van der Waals surface area contributed by atoms with Crippen LogP contribution in [0.25, 0.3) is 0 Å². The lowest BCUT2D eigenvalue weighted by atomic mass is 10.3. The molecule has 0 saturated heterocycles. The quantitative estimate of drug-likeness (QED) is 0.741. The summed E-state index contributed by atoms with van der Waals surface area (Å²) in [6.07, 6.45) is 1.10. The Morgan fingerprint density at radius 1 is 1.39 bits per heavy atom. The average molecular weight is 255 g/mol. The number of ether oxygens (including phenoxy) is 2. The highest BCUT2D eigenvalue weighted by Crippen LogP contribution is 2.04. The first-order valence-corrected chi connectivity index (χ1v) is 5.10. The average Bonchev–Trinajstić information content (AvgIpc) is 2.38. The molecule has 0 aliphatic carbocycles. The van der Waals surface area contributed by atoms with Crippen LogP contribution in [-0.4, -0.2) is 32.6 Å². The maximum Gasteiger partial charge on any atom is 0.307 e. The number of hydrogen-bond acceptors (Lipinski definition) is 6. The molecule has 1 amide bonds. The highest BCUT2D eigenvalue weighted by molar-refractivity contribution is 5.91. The predicted molar refractivity (Wildman–Crippen MR) is 60.5 cm³/mol. The molecular formula is C11H13NO6. The number of nitrogens with one attached hydrogen (secondary N) is 1. The lowest BCUT2D eigenvalue weighted by molar-refractivity contribution is -0.140. The molecule has 1 aromatic rings. The van der Waals surface area contributed by atoms with Crippen molar-refractivity contribution in [2.24, 2.45) is 0 Å². The summed E-state index contributed by atoms with van der Waals surface area (Å²) in [6.45, 7) is 0.0985. The normalized spacial score (nSPS) is 9.67. The summed E-state index contributed by atoms with van der Waals surface area (Å²) in [5, 5.41) is 2.42. The van der Waals surface area contributed by atoms with Crippen molar-refractivity contribution in [1.82, 2.24) is 5.32 Å². The lowest BCUT2D eigenvalue weighted by Gasteiger charge is -2.04. The number of methoxy groups -OCH3 is 2. The fraction of sp³-hybridized carbons (Fsp3) is 0.364. The summed E-state index contributed by atoms with van der Waals surface area (Å²) >= 11 is 0. The first kappa shape index (κ1) is 13.8. The molecule has 1 aromatic heterocycles. The summed E-state index contributed by atoms with van der Waals surface area (Å²) in [5.41, 5.74) is -0.457. The van der Waals surface area contributed by atoms with Gasteiger partial charge in [0.15, 0.2) is 5.76 Å². The van der Waals surface area contributed by atoms with Crippen molar-refractivity contribution >= 4 is 11.9 Å².